The molecule has 1 saturated heterocycles. The minimum atomic E-state index is -1.67. The number of allylic oxidation sites excluding steroid dienone is 6. The van der Waals surface area contributed by atoms with Gasteiger partial charge < -0.3 is 50.5 Å². The second-order valence-electron chi connectivity index (χ2n) is 16.5. The van der Waals surface area contributed by atoms with Crippen molar-refractivity contribution in [1.82, 2.24) is 5.32 Å². The number of aliphatic hydroxyl groups is 7. The standard InChI is InChI=1S/C47H87NO10/c1-3-5-7-9-11-13-15-17-18-19-20-21-22-23-25-26-28-30-32-34-39(50)42(52)38(37-57-47-45(55)44(54)43(53)41(36-49)58-47)48-46(56)40(51)35-33-31-29-27-24-16-14-12-10-8-6-4-2/h21-22,24,26-28,38-45,47,49-55H,3-20,23,25,29-37H2,1-2H3,(H,48,56)/b22-21+,27-24-,28-26+. The summed E-state index contributed by atoms with van der Waals surface area (Å²) in [4.78, 5) is 13.0. The van der Waals surface area contributed by atoms with Crippen LogP contribution in [0, 0.1) is 0 Å². The minimum absolute atomic E-state index is 0.220. The first-order valence-corrected chi connectivity index (χ1v) is 23.4. The molecule has 58 heavy (non-hydrogen) atoms. The van der Waals surface area contributed by atoms with E-state index in [9.17, 15) is 40.5 Å². The number of carbonyl (C=O) groups is 1. The van der Waals surface area contributed by atoms with Crippen LogP contribution >= 0.6 is 0 Å². The second-order valence-corrected chi connectivity index (χ2v) is 16.5. The molecule has 9 unspecified atom stereocenters. The lowest BCUT2D eigenvalue weighted by molar-refractivity contribution is -0.303. The Bertz CT molecular complexity index is 1040. The number of carbonyl (C=O) groups excluding carboxylic acids is 1. The summed E-state index contributed by atoms with van der Waals surface area (Å²) < 4.78 is 11.1. The molecule has 11 heteroatoms. The van der Waals surface area contributed by atoms with Crippen molar-refractivity contribution in [3.05, 3.63) is 36.5 Å². The van der Waals surface area contributed by atoms with Crippen molar-refractivity contribution >= 4 is 5.91 Å². The van der Waals surface area contributed by atoms with Crippen LogP contribution in [0.1, 0.15) is 187 Å². The van der Waals surface area contributed by atoms with Gasteiger partial charge in [-0.2, -0.15) is 0 Å². The molecule has 0 aliphatic carbocycles. The van der Waals surface area contributed by atoms with Gasteiger partial charge in [-0.1, -0.05) is 147 Å². The Balaban J connectivity index is 2.49. The number of nitrogens with one attached hydrogen (secondary N) is 1. The van der Waals surface area contributed by atoms with Crippen LogP contribution in [-0.4, -0.2) is 110 Å². The lowest BCUT2D eigenvalue weighted by atomic mass is 9.98. The van der Waals surface area contributed by atoms with E-state index in [1.807, 2.05) is 0 Å². The highest BCUT2D eigenvalue weighted by Crippen LogP contribution is 2.23. The lowest BCUT2D eigenvalue weighted by Gasteiger charge is -2.40. The van der Waals surface area contributed by atoms with Crippen molar-refractivity contribution < 1.29 is 50.0 Å². The van der Waals surface area contributed by atoms with E-state index in [0.717, 1.165) is 38.5 Å². The van der Waals surface area contributed by atoms with Gasteiger partial charge in [0, 0.05) is 0 Å². The average molecular weight is 826 g/mol. The Kier molecular flexibility index (Phi) is 34.8. The normalized spacial score (nSPS) is 22.3. The fraction of sp³-hybridized carbons (Fsp3) is 0.851. The zero-order valence-electron chi connectivity index (χ0n) is 36.5. The summed E-state index contributed by atoms with van der Waals surface area (Å²) in [6.45, 7) is 3.38. The monoisotopic (exact) mass is 826 g/mol. The van der Waals surface area contributed by atoms with Crippen molar-refractivity contribution in [1.29, 1.82) is 0 Å². The SMILES string of the molecule is CCCCCCCC/C=C\CCCCC(O)C(=O)NC(COC1OC(CO)C(O)C(O)C1O)C(O)C(O)CCC/C=C/CC/C=C/CCCCCCCCCCCC. The highest BCUT2D eigenvalue weighted by molar-refractivity contribution is 5.80. The van der Waals surface area contributed by atoms with Crippen LogP contribution in [0.25, 0.3) is 0 Å². The number of hydrogen-bond acceptors (Lipinski definition) is 10. The number of unbranched alkanes of at least 4 members (excludes halogenated alkanes) is 20. The van der Waals surface area contributed by atoms with Gasteiger partial charge in [-0.25, -0.2) is 0 Å². The minimum Gasteiger partial charge on any atom is -0.394 e. The van der Waals surface area contributed by atoms with Crippen LogP contribution in [0.3, 0.4) is 0 Å². The fourth-order valence-electron chi connectivity index (χ4n) is 7.21. The van der Waals surface area contributed by atoms with E-state index in [1.54, 1.807) is 0 Å². The summed E-state index contributed by atoms with van der Waals surface area (Å²) >= 11 is 0. The molecule has 11 nitrogen and oxygen atoms in total. The van der Waals surface area contributed by atoms with E-state index in [4.69, 9.17) is 9.47 Å². The van der Waals surface area contributed by atoms with Gasteiger partial charge in [0.05, 0.1) is 25.4 Å². The Morgan fingerprint density at radius 2 is 1.03 bits per heavy atom. The van der Waals surface area contributed by atoms with Crippen LogP contribution in [0.5, 0.6) is 0 Å². The Labute approximate surface area is 352 Å². The van der Waals surface area contributed by atoms with Gasteiger partial charge in [0.15, 0.2) is 6.29 Å². The number of rotatable bonds is 38. The van der Waals surface area contributed by atoms with Gasteiger partial charge in [-0.3, -0.25) is 4.79 Å². The number of ether oxygens (including phenoxy) is 2. The highest BCUT2D eigenvalue weighted by atomic mass is 16.7. The van der Waals surface area contributed by atoms with Gasteiger partial charge in [-0.05, 0) is 77.0 Å². The van der Waals surface area contributed by atoms with Gasteiger partial charge in [0.1, 0.15) is 36.6 Å². The maximum atomic E-state index is 13.0. The summed E-state index contributed by atoms with van der Waals surface area (Å²) in [6, 6.07) is -1.20. The smallest absolute Gasteiger partial charge is 0.249 e. The molecule has 1 amide bonds. The molecular formula is C47H87NO10. The van der Waals surface area contributed by atoms with E-state index >= 15 is 0 Å². The fourth-order valence-corrected chi connectivity index (χ4v) is 7.21. The molecule has 0 aromatic heterocycles. The molecule has 0 radical (unpaired) electrons. The lowest BCUT2D eigenvalue weighted by Crippen LogP contribution is -2.60. The molecule has 340 valence electrons. The van der Waals surface area contributed by atoms with Crippen LogP contribution in [0.2, 0.25) is 0 Å². The predicted octanol–water partition coefficient (Wildman–Crippen LogP) is 7.61. The summed E-state index contributed by atoms with van der Waals surface area (Å²) in [5.41, 5.74) is 0. The maximum absolute atomic E-state index is 13.0. The van der Waals surface area contributed by atoms with Gasteiger partial charge in [0.25, 0.3) is 0 Å². The van der Waals surface area contributed by atoms with E-state index in [-0.39, 0.29) is 12.8 Å². The van der Waals surface area contributed by atoms with Crippen LogP contribution < -0.4 is 5.32 Å². The van der Waals surface area contributed by atoms with Crippen molar-refractivity contribution in [2.45, 2.75) is 242 Å². The number of amides is 1. The first-order valence-electron chi connectivity index (χ1n) is 23.4. The largest absolute Gasteiger partial charge is 0.394 e. The second kappa shape index (κ2) is 37.1. The number of hydrogen-bond donors (Lipinski definition) is 8. The third-order valence-electron chi connectivity index (χ3n) is 11.1. The van der Waals surface area contributed by atoms with Crippen molar-refractivity contribution in [2.75, 3.05) is 13.2 Å². The van der Waals surface area contributed by atoms with Crippen molar-refractivity contribution in [3.63, 3.8) is 0 Å². The first kappa shape index (κ1) is 54.3. The van der Waals surface area contributed by atoms with Gasteiger partial charge in [0.2, 0.25) is 5.91 Å². The van der Waals surface area contributed by atoms with E-state index in [1.165, 1.54) is 103 Å². The molecule has 1 rings (SSSR count). The molecule has 1 aliphatic rings. The van der Waals surface area contributed by atoms with E-state index < -0.39 is 74.2 Å². The van der Waals surface area contributed by atoms with Gasteiger partial charge in [-0.15, -0.1) is 0 Å². The van der Waals surface area contributed by atoms with Crippen molar-refractivity contribution in [3.8, 4) is 0 Å². The average Bonchev–Trinajstić information content (AvgIpc) is 3.22. The summed E-state index contributed by atoms with van der Waals surface area (Å²) in [5.74, 6) is -0.729. The maximum Gasteiger partial charge on any atom is 0.249 e. The third-order valence-corrected chi connectivity index (χ3v) is 11.1. The quantitative estimate of drug-likeness (QED) is 0.0227. The topological polar surface area (TPSA) is 189 Å². The van der Waals surface area contributed by atoms with Crippen LogP contribution in [0.4, 0.5) is 0 Å². The molecule has 0 aromatic carbocycles. The third kappa shape index (κ3) is 26.5. The van der Waals surface area contributed by atoms with E-state index in [2.05, 4.69) is 55.6 Å². The zero-order chi connectivity index (χ0) is 42.6. The summed E-state index contributed by atoms with van der Waals surface area (Å²) in [7, 11) is 0. The molecule has 0 saturated carbocycles. The highest BCUT2D eigenvalue weighted by Gasteiger charge is 2.44. The zero-order valence-corrected chi connectivity index (χ0v) is 36.5. The first-order chi connectivity index (χ1) is 28.2. The Morgan fingerprint density at radius 1 is 0.586 bits per heavy atom. The van der Waals surface area contributed by atoms with Gasteiger partial charge >= 0.3 is 0 Å². The summed E-state index contributed by atoms with van der Waals surface area (Å²) in [5, 5.41) is 75.5. The summed E-state index contributed by atoms with van der Waals surface area (Å²) in [6.07, 6.45) is 30.6. The molecule has 9 atom stereocenters. The molecule has 0 spiro atoms. The molecule has 1 fully saturated rings. The number of aliphatic hydroxyl groups excluding tert-OH is 7. The molecule has 0 aromatic rings. The van der Waals surface area contributed by atoms with Crippen molar-refractivity contribution in [2.24, 2.45) is 0 Å². The Hall–Kier alpha value is -1.67. The molecule has 1 aliphatic heterocycles. The molecule has 8 N–H and O–H groups in total. The Morgan fingerprint density at radius 3 is 1.53 bits per heavy atom. The van der Waals surface area contributed by atoms with Crippen LogP contribution in [0.15, 0.2) is 36.5 Å². The predicted molar refractivity (Wildman–Crippen MR) is 233 cm³/mol. The van der Waals surface area contributed by atoms with Crippen LogP contribution in [-0.2, 0) is 14.3 Å². The molecular weight excluding hydrogens is 739 g/mol. The molecule has 0 bridgehead atoms. The molecule has 1 heterocycles. The van der Waals surface area contributed by atoms with E-state index in [0.29, 0.717) is 19.3 Å².